The third-order valence-electron chi connectivity index (χ3n) is 5.38. The Morgan fingerprint density at radius 2 is 2.00 bits per heavy atom. The monoisotopic (exact) mass is 271 g/mol. The molecule has 3 unspecified atom stereocenters. The van der Waals surface area contributed by atoms with E-state index in [0.717, 1.165) is 18.8 Å². The third-order valence-corrected chi connectivity index (χ3v) is 5.38. The molecule has 2 aliphatic rings. The molecule has 0 bridgehead atoms. The highest BCUT2D eigenvalue weighted by Crippen LogP contribution is 2.46. The van der Waals surface area contributed by atoms with Crippen molar-refractivity contribution >= 4 is 5.91 Å². The fourth-order valence-corrected chi connectivity index (χ4v) is 4.09. The van der Waals surface area contributed by atoms with Gasteiger partial charge in [0.25, 0.3) is 0 Å². The summed E-state index contributed by atoms with van der Waals surface area (Å²) in [6, 6.07) is 10.9. The van der Waals surface area contributed by atoms with Crippen molar-refractivity contribution in [3.8, 4) is 0 Å². The lowest BCUT2D eigenvalue weighted by molar-refractivity contribution is -0.119. The first-order valence-corrected chi connectivity index (χ1v) is 8.01. The Kier molecular flexibility index (Phi) is 3.82. The zero-order chi connectivity index (χ0) is 14.0. The van der Waals surface area contributed by atoms with Gasteiger partial charge in [0.1, 0.15) is 0 Å². The van der Waals surface area contributed by atoms with Gasteiger partial charge >= 0.3 is 0 Å². The van der Waals surface area contributed by atoms with E-state index in [9.17, 15) is 4.79 Å². The lowest BCUT2D eigenvalue weighted by Crippen LogP contribution is -2.38. The van der Waals surface area contributed by atoms with Gasteiger partial charge in [-0.2, -0.15) is 0 Å². The summed E-state index contributed by atoms with van der Waals surface area (Å²) in [4.78, 5) is 12.0. The van der Waals surface area contributed by atoms with E-state index >= 15 is 0 Å². The summed E-state index contributed by atoms with van der Waals surface area (Å²) in [7, 11) is 0. The molecule has 1 saturated carbocycles. The molecule has 3 rings (SSSR count). The first kappa shape index (κ1) is 13.7. The Morgan fingerprint density at radius 1 is 1.20 bits per heavy atom. The van der Waals surface area contributed by atoms with Crippen LogP contribution in [0.4, 0.5) is 0 Å². The number of rotatable bonds is 2. The summed E-state index contributed by atoms with van der Waals surface area (Å²) in [5, 5.41) is 3.27. The van der Waals surface area contributed by atoms with Crippen LogP contribution in [0.5, 0.6) is 0 Å². The maximum Gasteiger partial charge on any atom is 0.220 e. The minimum atomic E-state index is 0.220. The van der Waals surface area contributed by atoms with Crippen LogP contribution in [-0.4, -0.2) is 11.9 Å². The number of nitrogens with one attached hydrogen (secondary N) is 1. The van der Waals surface area contributed by atoms with Crippen molar-refractivity contribution in [1.82, 2.24) is 5.32 Å². The first-order chi connectivity index (χ1) is 9.68. The summed E-state index contributed by atoms with van der Waals surface area (Å²) in [5.74, 6) is 1.09. The topological polar surface area (TPSA) is 29.1 Å². The van der Waals surface area contributed by atoms with Crippen LogP contribution in [0.2, 0.25) is 0 Å². The molecule has 3 atom stereocenters. The minimum absolute atomic E-state index is 0.220. The summed E-state index contributed by atoms with van der Waals surface area (Å²) < 4.78 is 0. The molecular formula is C18H25NO. The van der Waals surface area contributed by atoms with E-state index < -0.39 is 0 Å². The van der Waals surface area contributed by atoms with Crippen molar-refractivity contribution in [3.05, 3.63) is 35.9 Å². The van der Waals surface area contributed by atoms with Crippen molar-refractivity contribution in [3.63, 3.8) is 0 Å². The Balaban J connectivity index is 1.79. The van der Waals surface area contributed by atoms with Crippen LogP contribution in [-0.2, 0) is 11.2 Å². The van der Waals surface area contributed by atoms with Crippen LogP contribution in [0, 0.1) is 11.3 Å². The molecule has 0 radical (unpaired) electrons. The van der Waals surface area contributed by atoms with E-state index in [1.165, 1.54) is 37.7 Å². The molecule has 20 heavy (non-hydrogen) atoms. The normalized spacial score (nSPS) is 34.0. The molecule has 1 spiro atoms. The molecule has 108 valence electrons. The van der Waals surface area contributed by atoms with Crippen LogP contribution in [0.25, 0.3) is 0 Å². The van der Waals surface area contributed by atoms with Gasteiger partial charge in [-0.1, -0.05) is 56.5 Å². The number of hydrogen-bond acceptors (Lipinski definition) is 1. The van der Waals surface area contributed by atoms with Crippen LogP contribution in [0.3, 0.4) is 0 Å². The van der Waals surface area contributed by atoms with Gasteiger partial charge in [-0.05, 0) is 36.2 Å². The Hall–Kier alpha value is -1.31. The highest BCUT2D eigenvalue weighted by Gasteiger charge is 2.46. The fraction of sp³-hybridized carbons (Fsp3) is 0.611. The third kappa shape index (κ3) is 2.74. The van der Waals surface area contributed by atoms with Gasteiger partial charge in [0.15, 0.2) is 0 Å². The summed E-state index contributed by atoms with van der Waals surface area (Å²) >= 11 is 0. The molecule has 2 fully saturated rings. The highest BCUT2D eigenvalue weighted by molar-refractivity contribution is 5.80. The van der Waals surface area contributed by atoms with Crippen molar-refractivity contribution in [2.45, 2.75) is 57.9 Å². The molecule has 1 N–H and O–H groups in total. The predicted molar refractivity (Wildman–Crippen MR) is 81.4 cm³/mol. The Labute approximate surface area is 122 Å². The fourth-order valence-electron chi connectivity index (χ4n) is 4.09. The second-order valence-corrected chi connectivity index (χ2v) is 6.89. The lowest BCUT2D eigenvalue weighted by atomic mass is 9.72. The van der Waals surface area contributed by atoms with Crippen LogP contribution in [0.15, 0.2) is 30.3 Å². The average molecular weight is 271 g/mol. The molecule has 2 nitrogen and oxygen atoms in total. The number of hydrogen-bond donors (Lipinski definition) is 1. The van der Waals surface area contributed by atoms with Gasteiger partial charge in [0, 0.05) is 12.5 Å². The summed E-state index contributed by atoms with van der Waals surface area (Å²) in [5.41, 5.74) is 1.56. The van der Waals surface area contributed by atoms with Gasteiger partial charge in [0.05, 0.1) is 0 Å². The summed E-state index contributed by atoms with van der Waals surface area (Å²) in [6.07, 6.45) is 8.05. The quantitative estimate of drug-likeness (QED) is 0.873. The molecule has 1 aliphatic carbocycles. The minimum Gasteiger partial charge on any atom is -0.352 e. The van der Waals surface area contributed by atoms with Gasteiger partial charge in [-0.25, -0.2) is 0 Å². The molecular weight excluding hydrogens is 246 g/mol. The van der Waals surface area contributed by atoms with Gasteiger partial charge < -0.3 is 5.32 Å². The molecule has 1 aromatic carbocycles. The molecule has 2 heteroatoms. The van der Waals surface area contributed by atoms with E-state index in [4.69, 9.17) is 0 Å². The zero-order valence-corrected chi connectivity index (χ0v) is 12.4. The standard InChI is InChI=1S/C18H25NO/c1-14-6-5-10-18(11-9-14)13-17(20)19-16(18)12-15-7-3-2-4-8-15/h2-4,7-8,14,16H,5-6,9-13H2,1H3,(H,19,20). The van der Waals surface area contributed by atoms with Crippen LogP contribution in [0.1, 0.15) is 51.0 Å². The highest BCUT2D eigenvalue weighted by atomic mass is 16.2. The smallest absolute Gasteiger partial charge is 0.220 e. The lowest BCUT2D eigenvalue weighted by Gasteiger charge is -2.33. The van der Waals surface area contributed by atoms with Crippen molar-refractivity contribution in [2.75, 3.05) is 0 Å². The molecule has 0 aromatic heterocycles. The number of carbonyl (C=O) groups excluding carboxylic acids is 1. The zero-order valence-electron chi connectivity index (χ0n) is 12.4. The van der Waals surface area contributed by atoms with Gasteiger partial charge in [-0.3, -0.25) is 4.79 Å². The van der Waals surface area contributed by atoms with E-state index in [2.05, 4.69) is 42.6 Å². The van der Waals surface area contributed by atoms with Gasteiger partial charge in [0.2, 0.25) is 5.91 Å². The Morgan fingerprint density at radius 3 is 2.80 bits per heavy atom. The number of amides is 1. The predicted octanol–water partition coefficient (Wildman–Crippen LogP) is 3.70. The summed E-state index contributed by atoms with van der Waals surface area (Å²) in [6.45, 7) is 2.36. The van der Waals surface area contributed by atoms with E-state index in [-0.39, 0.29) is 11.3 Å². The number of carbonyl (C=O) groups is 1. The van der Waals surface area contributed by atoms with Gasteiger partial charge in [-0.15, -0.1) is 0 Å². The van der Waals surface area contributed by atoms with Crippen molar-refractivity contribution in [2.24, 2.45) is 11.3 Å². The molecule has 1 saturated heterocycles. The second kappa shape index (κ2) is 5.59. The average Bonchev–Trinajstić information content (AvgIpc) is 2.61. The largest absolute Gasteiger partial charge is 0.352 e. The van der Waals surface area contributed by atoms with Crippen molar-refractivity contribution in [1.29, 1.82) is 0 Å². The van der Waals surface area contributed by atoms with E-state index in [1.807, 2.05) is 0 Å². The van der Waals surface area contributed by atoms with E-state index in [0.29, 0.717) is 6.04 Å². The molecule has 1 heterocycles. The molecule has 1 aliphatic heterocycles. The van der Waals surface area contributed by atoms with Crippen LogP contribution >= 0.6 is 0 Å². The van der Waals surface area contributed by atoms with Crippen molar-refractivity contribution < 1.29 is 4.79 Å². The van der Waals surface area contributed by atoms with Crippen LogP contribution < -0.4 is 5.32 Å². The molecule has 1 aromatic rings. The number of benzene rings is 1. The maximum absolute atomic E-state index is 12.0. The maximum atomic E-state index is 12.0. The second-order valence-electron chi connectivity index (χ2n) is 6.89. The molecule has 1 amide bonds. The Bertz CT molecular complexity index is 470. The SMILES string of the molecule is CC1CCCC2(CC1)CC(=O)NC2Cc1ccccc1. The first-order valence-electron chi connectivity index (χ1n) is 8.01. The van der Waals surface area contributed by atoms with E-state index in [1.54, 1.807) is 0 Å².